The standard InChI is InChI=1S/C32H43N3O3/c1-23(2)30(36)38-31(18-20-35(3)19-10-15-29-33-27-13-8-9-14-28(27)34-29)21-26-17-16-25(31)22-32(26,37-4)24-11-6-5-7-12-24/h5-9,11-14,23,25-26H,10,15-22H2,1-4H3,(H,33,34)/t25-,26-,31+,32+/m0/s1. The summed E-state index contributed by atoms with van der Waals surface area (Å²) >= 11 is 0. The highest BCUT2D eigenvalue weighted by molar-refractivity contribution is 5.74. The Bertz CT molecular complexity index is 1190. The number of methoxy groups -OCH3 is 1. The van der Waals surface area contributed by atoms with Gasteiger partial charge in [0.25, 0.3) is 0 Å². The summed E-state index contributed by atoms with van der Waals surface area (Å²) < 4.78 is 12.8. The molecule has 0 saturated heterocycles. The summed E-state index contributed by atoms with van der Waals surface area (Å²) in [5.74, 6) is 1.46. The van der Waals surface area contributed by atoms with Crippen LogP contribution < -0.4 is 0 Å². The molecule has 0 aliphatic heterocycles. The predicted molar refractivity (Wildman–Crippen MR) is 151 cm³/mol. The van der Waals surface area contributed by atoms with Crippen molar-refractivity contribution < 1.29 is 14.3 Å². The lowest BCUT2D eigenvalue weighted by atomic mass is 9.53. The van der Waals surface area contributed by atoms with Crippen LogP contribution in [0.15, 0.2) is 54.6 Å². The van der Waals surface area contributed by atoms with Crippen molar-refractivity contribution in [3.63, 3.8) is 0 Å². The number of aromatic nitrogens is 2. The highest BCUT2D eigenvalue weighted by Crippen LogP contribution is 2.60. The number of hydrogen-bond donors (Lipinski definition) is 1. The number of carbonyl (C=O) groups excluding carboxylic acids is 1. The van der Waals surface area contributed by atoms with E-state index in [1.807, 2.05) is 39.2 Å². The van der Waals surface area contributed by atoms with Gasteiger partial charge in [-0.2, -0.15) is 0 Å². The molecule has 2 aromatic carbocycles. The largest absolute Gasteiger partial charge is 0.459 e. The topological polar surface area (TPSA) is 67.4 Å². The summed E-state index contributed by atoms with van der Waals surface area (Å²) in [6, 6.07) is 18.8. The third-order valence-corrected chi connectivity index (χ3v) is 9.12. The van der Waals surface area contributed by atoms with Crippen LogP contribution in [-0.2, 0) is 26.3 Å². The van der Waals surface area contributed by atoms with Gasteiger partial charge in [-0.15, -0.1) is 0 Å². The third-order valence-electron chi connectivity index (χ3n) is 9.12. The lowest BCUT2D eigenvalue weighted by Gasteiger charge is -2.59. The maximum absolute atomic E-state index is 13.0. The van der Waals surface area contributed by atoms with Crippen LogP contribution in [0.5, 0.6) is 0 Å². The Labute approximate surface area is 227 Å². The molecule has 6 nitrogen and oxygen atoms in total. The Kier molecular flexibility index (Phi) is 7.92. The molecule has 3 fully saturated rings. The van der Waals surface area contributed by atoms with Crippen LogP contribution in [0.25, 0.3) is 11.0 Å². The van der Waals surface area contributed by atoms with Crippen molar-refractivity contribution >= 4 is 17.0 Å². The van der Waals surface area contributed by atoms with Gasteiger partial charge in [0.05, 0.1) is 22.6 Å². The minimum absolute atomic E-state index is 0.0761. The molecule has 2 bridgehead atoms. The minimum Gasteiger partial charge on any atom is -0.459 e. The number of carbonyl (C=O) groups is 1. The molecule has 4 atom stereocenters. The van der Waals surface area contributed by atoms with Gasteiger partial charge in [-0.3, -0.25) is 4.79 Å². The SMILES string of the molecule is CO[C@@]1(c2ccccc2)C[C@@H]2CC[C@H]1C[C@@]2(CCN(C)CCCc1nc2ccccc2[nH]1)OC(=O)C(C)C. The van der Waals surface area contributed by atoms with E-state index in [-0.39, 0.29) is 17.5 Å². The van der Waals surface area contributed by atoms with Crippen molar-refractivity contribution in [2.75, 3.05) is 27.2 Å². The molecule has 6 heteroatoms. The number of benzene rings is 2. The number of nitrogens with zero attached hydrogens (tertiary/aromatic N) is 2. The van der Waals surface area contributed by atoms with E-state index in [9.17, 15) is 4.79 Å². The summed E-state index contributed by atoms with van der Waals surface area (Å²) in [4.78, 5) is 23.5. The third kappa shape index (κ3) is 5.26. The number of ether oxygens (including phenoxy) is 2. The number of aromatic amines is 1. The lowest BCUT2D eigenvalue weighted by Crippen LogP contribution is -2.60. The molecule has 38 heavy (non-hydrogen) atoms. The van der Waals surface area contributed by atoms with Gasteiger partial charge in [0.2, 0.25) is 0 Å². The molecule has 0 unspecified atom stereocenters. The average molecular weight is 518 g/mol. The normalized spacial score (nSPS) is 26.9. The number of hydrogen-bond acceptors (Lipinski definition) is 5. The molecular weight excluding hydrogens is 474 g/mol. The molecule has 3 saturated carbocycles. The number of imidazole rings is 1. The molecule has 1 N–H and O–H groups in total. The van der Waals surface area contributed by atoms with E-state index in [1.165, 1.54) is 5.56 Å². The van der Waals surface area contributed by atoms with Crippen molar-refractivity contribution in [1.82, 2.24) is 14.9 Å². The highest BCUT2D eigenvalue weighted by Gasteiger charge is 2.60. The summed E-state index contributed by atoms with van der Waals surface area (Å²) in [6.45, 7) is 5.75. The van der Waals surface area contributed by atoms with E-state index in [0.29, 0.717) is 11.8 Å². The summed E-state index contributed by atoms with van der Waals surface area (Å²) in [6.07, 6.45) is 6.78. The van der Waals surface area contributed by atoms with Gasteiger partial charge in [-0.05, 0) is 69.3 Å². The summed E-state index contributed by atoms with van der Waals surface area (Å²) in [5.41, 5.74) is 2.66. The Morgan fingerprint density at radius 2 is 1.79 bits per heavy atom. The number of esters is 1. The number of H-pyrrole nitrogens is 1. The molecule has 3 aliphatic rings. The molecule has 204 valence electrons. The van der Waals surface area contributed by atoms with Crippen molar-refractivity contribution in [3.05, 3.63) is 66.0 Å². The quantitative estimate of drug-likeness (QED) is 0.311. The maximum Gasteiger partial charge on any atom is 0.308 e. The predicted octanol–water partition coefficient (Wildman–Crippen LogP) is 6.12. The van der Waals surface area contributed by atoms with Crippen LogP contribution in [0.2, 0.25) is 0 Å². The van der Waals surface area contributed by atoms with Crippen molar-refractivity contribution in [2.24, 2.45) is 17.8 Å². The molecule has 6 rings (SSSR count). The van der Waals surface area contributed by atoms with Gasteiger partial charge >= 0.3 is 5.97 Å². The summed E-state index contributed by atoms with van der Waals surface area (Å²) in [5, 5.41) is 0. The van der Waals surface area contributed by atoms with Crippen molar-refractivity contribution in [1.29, 1.82) is 0 Å². The number of para-hydroxylation sites is 2. The first-order chi connectivity index (χ1) is 18.3. The van der Waals surface area contributed by atoms with Crippen LogP contribution in [0.4, 0.5) is 0 Å². The average Bonchev–Trinajstić information content (AvgIpc) is 3.35. The van der Waals surface area contributed by atoms with Crippen LogP contribution in [0.3, 0.4) is 0 Å². The second-order valence-corrected chi connectivity index (χ2v) is 11.8. The zero-order chi connectivity index (χ0) is 26.8. The Morgan fingerprint density at radius 1 is 1.05 bits per heavy atom. The summed E-state index contributed by atoms with van der Waals surface area (Å²) in [7, 11) is 4.03. The molecule has 1 heterocycles. The van der Waals surface area contributed by atoms with Crippen molar-refractivity contribution in [3.8, 4) is 0 Å². The number of nitrogens with one attached hydrogen (secondary N) is 1. The Balaban J connectivity index is 1.25. The van der Waals surface area contributed by atoms with E-state index in [4.69, 9.17) is 14.5 Å². The molecular formula is C32H43N3O3. The Hall–Kier alpha value is -2.70. The molecule has 0 spiro atoms. The smallest absolute Gasteiger partial charge is 0.308 e. The number of fused-ring (bicyclic) bond motifs is 4. The molecule has 1 aromatic heterocycles. The number of rotatable bonds is 11. The molecule has 0 amide bonds. The van der Waals surface area contributed by atoms with E-state index < -0.39 is 5.60 Å². The lowest BCUT2D eigenvalue weighted by molar-refractivity contribution is -0.226. The van der Waals surface area contributed by atoms with Crippen LogP contribution in [0.1, 0.15) is 63.8 Å². The van der Waals surface area contributed by atoms with E-state index in [1.54, 1.807) is 0 Å². The maximum atomic E-state index is 13.0. The van der Waals surface area contributed by atoms with E-state index >= 15 is 0 Å². The van der Waals surface area contributed by atoms with Gasteiger partial charge in [0, 0.05) is 32.4 Å². The zero-order valence-corrected chi connectivity index (χ0v) is 23.4. The van der Waals surface area contributed by atoms with Gasteiger partial charge in [0.1, 0.15) is 11.4 Å². The van der Waals surface area contributed by atoms with E-state index in [2.05, 4.69) is 53.3 Å². The van der Waals surface area contributed by atoms with Gasteiger partial charge in [-0.25, -0.2) is 4.98 Å². The van der Waals surface area contributed by atoms with Gasteiger partial charge in [0.15, 0.2) is 0 Å². The number of aryl methyl sites for hydroxylation is 1. The van der Waals surface area contributed by atoms with Gasteiger partial charge in [-0.1, -0.05) is 56.3 Å². The second kappa shape index (κ2) is 11.2. The fourth-order valence-corrected chi connectivity index (χ4v) is 6.94. The van der Waals surface area contributed by atoms with E-state index in [0.717, 1.165) is 74.9 Å². The van der Waals surface area contributed by atoms with Crippen LogP contribution >= 0.6 is 0 Å². The minimum atomic E-state index is -0.423. The van der Waals surface area contributed by atoms with Crippen LogP contribution in [-0.4, -0.2) is 53.7 Å². The van der Waals surface area contributed by atoms with Crippen LogP contribution in [0, 0.1) is 17.8 Å². The first kappa shape index (κ1) is 26.9. The monoisotopic (exact) mass is 517 g/mol. The molecule has 3 aliphatic carbocycles. The molecule has 0 radical (unpaired) electrons. The zero-order valence-electron chi connectivity index (χ0n) is 23.4. The second-order valence-electron chi connectivity index (χ2n) is 11.8. The Morgan fingerprint density at radius 3 is 2.47 bits per heavy atom. The first-order valence-corrected chi connectivity index (χ1v) is 14.3. The molecule has 3 aromatic rings. The first-order valence-electron chi connectivity index (χ1n) is 14.3. The fourth-order valence-electron chi connectivity index (χ4n) is 6.94. The van der Waals surface area contributed by atoms with Gasteiger partial charge < -0.3 is 19.4 Å². The highest BCUT2D eigenvalue weighted by atomic mass is 16.6. The van der Waals surface area contributed by atoms with Crippen molar-refractivity contribution in [2.45, 2.75) is 70.0 Å². The fraction of sp³-hybridized carbons (Fsp3) is 0.562.